The van der Waals surface area contributed by atoms with E-state index in [2.05, 4.69) is 6.07 Å². The summed E-state index contributed by atoms with van der Waals surface area (Å²) in [6, 6.07) is 15.1. The van der Waals surface area contributed by atoms with Gasteiger partial charge < -0.3 is 15.2 Å². The second-order valence-electron chi connectivity index (χ2n) is 8.37. The van der Waals surface area contributed by atoms with Crippen molar-refractivity contribution in [3.05, 3.63) is 82.3 Å². The summed E-state index contributed by atoms with van der Waals surface area (Å²) in [6.07, 6.45) is 0. The third-order valence-electron chi connectivity index (χ3n) is 6.38. The molecule has 0 aliphatic carbocycles. The zero-order valence-electron chi connectivity index (χ0n) is 21.9. The number of hydrogen-bond donors (Lipinski definition) is 1. The van der Waals surface area contributed by atoms with Crippen molar-refractivity contribution in [2.75, 3.05) is 32.2 Å². The summed E-state index contributed by atoms with van der Waals surface area (Å²) in [4.78, 5) is 27.7. The zero-order chi connectivity index (χ0) is 28.2. The summed E-state index contributed by atoms with van der Waals surface area (Å²) in [5, 5.41) is 10.2. The molecule has 2 N–H and O–H groups in total. The number of methoxy groups -OCH3 is 2. The molecule has 1 aliphatic heterocycles. The van der Waals surface area contributed by atoms with Gasteiger partial charge in [0.25, 0.3) is 0 Å². The van der Waals surface area contributed by atoms with Crippen molar-refractivity contribution in [3.63, 3.8) is 0 Å². The molecule has 0 spiro atoms. The van der Waals surface area contributed by atoms with E-state index >= 15 is 0 Å². The SMILES string of the molecule is CCN(CC)S(=O)(=O)c1ccc(C)c(N2C(N)=C(C#N)C(c3ccccc3)C(C(=O)OC)=C2C(=O)OC)c1. The van der Waals surface area contributed by atoms with Gasteiger partial charge in [0.1, 0.15) is 11.5 Å². The molecule has 2 aromatic carbocycles. The predicted octanol–water partition coefficient (Wildman–Crippen LogP) is 2.92. The molecule has 3 rings (SSSR count). The van der Waals surface area contributed by atoms with E-state index in [1.165, 1.54) is 21.3 Å². The monoisotopic (exact) mass is 538 g/mol. The van der Waals surface area contributed by atoms with E-state index in [1.54, 1.807) is 57.2 Å². The van der Waals surface area contributed by atoms with Crippen LogP contribution < -0.4 is 10.6 Å². The average molecular weight is 539 g/mol. The van der Waals surface area contributed by atoms with Crippen molar-refractivity contribution < 1.29 is 27.5 Å². The Morgan fingerprint density at radius 2 is 1.66 bits per heavy atom. The topological polar surface area (TPSA) is 143 Å². The fraction of sp³-hybridized carbons (Fsp3) is 0.296. The van der Waals surface area contributed by atoms with Crippen molar-refractivity contribution >= 4 is 27.6 Å². The molecule has 10 nitrogen and oxygen atoms in total. The molecule has 0 aromatic heterocycles. The molecule has 0 saturated heterocycles. The number of rotatable bonds is 8. The maximum Gasteiger partial charge on any atom is 0.355 e. The quantitative estimate of drug-likeness (QED) is 0.502. The van der Waals surface area contributed by atoms with Gasteiger partial charge >= 0.3 is 11.9 Å². The third kappa shape index (κ3) is 4.88. The molecule has 1 unspecified atom stereocenters. The Bertz CT molecular complexity index is 1450. The highest BCUT2D eigenvalue weighted by Crippen LogP contribution is 2.44. The maximum atomic E-state index is 13.3. The fourth-order valence-electron chi connectivity index (χ4n) is 4.47. The molecular weight excluding hydrogens is 508 g/mol. The Morgan fingerprint density at radius 3 is 2.18 bits per heavy atom. The zero-order valence-corrected chi connectivity index (χ0v) is 22.7. The summed E-state index contributed by atoms with van der Waals surface area (Å²) in [5.41, 5.74) is 7.36. The lowest BCUT2D eigenvalue weighted by Gasteiger charge is -2.36. The van der Waals surface area contributed by atoms with Gasteiger partial charge in [0.05, 0.1) is 47.9 Å². The van der Waals surface area contributed by atoms with Crippen molar-refractivity contribution in [2.45, 2.75) is 31.6 Å². The summed E-state index contributed by atoms with van der Waals surface area (Å²) in [7, 11) is -1.58. The lowest BCUT2D eigenvalue weighted by molar-refractivity contribution is -0.139. The highest BCUT2D eigenvalue weighted by molar-refractivity contribution is 7.89. The Morgan fingerprint density at radius 1 is 1.05 bits per heavy atom. The van der Waals surface area contributed by atoms with Gasteiger partial charge in [-0.3, -0.25) is 4.90 Å². The van der Waals surface area contributed by atoms with Gasteiger partial charge in [0.2, 0.25) is 10.0 Å². The minimum atomic E-state index is -3.89. The van der Waals surface area contributed by atoms with E-state index < -0.39 is 27.9 Å². The van der Waals surface area contributed by atoms with Crippen LogP contribution in [0.4, 0.5) is 5.69 Å². The number of nitriles is 1. The molecule has 0 amide bonds. The number of carbonyl (C=O) groups excluding carboxylic acids is 2. The van der Waals surface area contributed by atoms with E-state index in [-0.39, 0.29) is 46.3 Å². The van der Waals surface area contributed by atoms with Crippen LogP contribution in [0.3, 0.4) is 0 Å². The third-order valence-corrected chi connectivity index (χ3v) is 8.42. The second-order valence-corrected chi connectivity index (χ2v) is 10.3. The smallest absolute Gasteiger partial charge is 0.355 e. The largest absolute Gasteiger partial charge is 0.466 e. The lowest BCUT2D eigenvalue weighted by Crippen LogP contribution is -2.41. The first-order valence-electron chi connectivity index (χ1n) is 11.8. The number of nitrogens with two attached hydrogens (primary N) is 1. The minimum absolute atomic E-state index is 0.0133. The summed E-state index contributed by atoms with van der Waals surface area (Å²) in [6.45, 7) is 5.66. The van der Waals surface area contributed by atoms with Crippen LogP contribution in [0.25, 0.3) is 0 Å². The molecule has 0 radical (unpaired) electrons. The molecule has 0 fully saturated rings. The van der Waals surface area contributed by atoms with E-state index in [0.717, 1.165) is 14.2 Å². The number of nitrogens with zero attached hydrogens (tertiary/aromatic N) is 3. The van der Waals surface area contributed by atoms with Gasteiger partial charge in [-0.1, -0.05) is 50.2 Å². The number of allylic oxidation sites excluding steroid dienone is 1. The second kappa shape index (κ2) is 11.5. The predicted molar refractivity (Wildman–Crippen MR) is 141 cm³/mol. The Hall–Kier alpha value is -4.14. The van der Waals surface area contributed by atoms with Crippen LogP contribution in [0.2, 0.25) is 0 Å². The number of benzene rings is 2. The molecule has 1 aliphatic rings. The first-order valence-corrected chi connectivity index (χ1v) is 13.3. The van der Waals surface area contributed by atoms with Gasteiger partial charge in [-0.2, -0.15) is 9.57 Å². The molecule has 2 aromatic rings. The fourth-order valence-corrected chi connectivity index (χ4v) is 5.95. The standard InChI is InChI=1S/C27H30N4O6S/c1-6-30(7-2)38(34,35)19-14-13-17(3)21(15-19)31-24(27(33)37-5)23(26(32)36-4)22(20(16-28)25(31)29)18-11-9-8-10-12-18/h8-15,22H,6-7,29H2,1-5H3. The normalized spacial score (nSPS) is 15.9. The number of esters is 2. The van der Waals surface area contributed by atoms with Crippen LogP contribution in [0.15, 0.2) is 76.1 Å². The van der Waals surface area contributed by atoms with Gasteiger partial charge in [-0.25, -0.2) is 18.0 Å². The maximum absolute atomic E-state index is 13.3. The Kier molecular flexibility index (Phi) is 8.60. The first kappa shape index (κ1) is 28.4. The molecule has 38 heavy (non-hydrogen) atoms. The molecule has 11 heteroatoms. The number of hydrogen-bond acceptors (Lipinski definition) is 9. The van der Waals surface area contributed by atoms with Crippen LogP contribution in [0.1, 0.15) is 30.9 Å². The van der Waals surface area contributed by atoms with Gasteiger partial charge in [0.15, 0.2) is 0 Å². The van der Waals surface area contributed by atoms with Crippen LogP contribution in [-0.2, 0) is 29.1 Å². The van der Waals surface area contributed by atoms with Crippen LogP contribution >= 0.6 is 0 Å². The number of ether oxygens (including phenoxy) is 2. The van der Waals surface area contributed by atoms with Gasteiger partial charge in [0, 0.05) is 13.1 Å². The first-order chi connectivity index (χ1) is 18.1. The van der Waals surface area contributed by atoms with Crippen LogP contribution in [-0.4, -0.2) is 52.0 Å². The van der Waals surface area contributed by atoms with Crippen LogP contribution in [0, 0.1) is 18.3 Å². The molecule has 1 atom stereocenters. The van der Waals surface area contributed by atoms with Crippen molar-refractivity contribution in [3.8, 4) is 6.07 Å². The number of sulfonamides is 1. The van der Waals surface area contributed by atoms with Crippen LogP contribution in [0.5, 0.6) is 0 Å². The number of anilines is 1. The highest BCUT2D eigenvalue weighted by atomic mass is 32.2. The van der Waals surface area contributed by atoms with Crippen molar-refractivity contribution in [1.29, 1.82) is 5.26 Å². The van der Waals surface area contributed by atoms with Crippen molar-refractivity contribution in [1.82, 2.24) is 4.31 Å². The summed E-state index contributed by atoms with van der Waals surface area (Å²) >= 11 is 0. The molecule has 0 saturated carbocycles. The summed E-state index contributed by atoms with van der Waals surface area (Å²) in [5.74, 6) is -2.95. The number of aryl methyl sites for hydroxylation is 1. The minimum Gasteiger partial charge on any atom is -0.466 e. The Labute approximate surface area is 222 Å². The molecule has 1 heterocycles. The Balaban J connectivity index is 2.44. The summed E-state index contributed by atoms with van der Waals surface area (Å²) < 4.78 is 38.0. The van der Waals surface area contributed by atoms with E-state index in [4.69, 9.17) is 15.2 Å². The van der Waals surface area contributed by atoms with E-state index in [0.29, 0.717) is 11.1 Å². The molecule has 200 valence electrons. The van der Waals surface area contributed by atoms with E-state index in [1.807, 2.05) is 0 Å². The van der Waals surface area contributed by atoms with Gasteiger partial charge in [-0.15, -0.1) is 0 Å². The molecular formula is C27H30N4O6S. The van der Waals surface area contributed by atoms with Crippen molar-refractivity contribution in [2.24, 2.45) is 5.73 Å². The highest BCUT2D eigenvalue weighted by Gasteiger charge is 2.43. The number of carbonyl (C=O) groups is 2. The lowest BCUT2D eigenvalue weighted by atomic mass is 9.81. The average Bonchev–Trinajstić information content (AvgIpc) is 2.92. The van der Waals surface area contributed by atoms with Gasteiger partial charge in [-0.05, 0) is 30.2 Å². The molecule has 0 bridgehead atoms. The van der Waals surface area contributed by atoms with E-state index in [9.17, 15) is 23.3 Å².